The number of carbonyl (C=O) groups excluding carboxylic acids is 2. The highest BCUT2D eigenvalue weighted by molar-refractivity contribution is 7.09. The van der Waals surface area contributed by atoms with Gasteiger partial charge < -0.3 is 14.4 Å². The van der Waals surface area contributed by atoms with Gasteiger partial charge in [0, 0.05) is 54.9 Å². The first-order chi connectivity index (χ1) is 13.3. The standard InChI is InChI=1S/C21H30N4O2S/c1-14(2)10-20(26)23-6-8-24(9-7-23)21(27)12-25-15(3)11-18(16(25)4)19-13-28-17(5)22-19/h11,13-14H,6-10,12H2,1-5H3. The molecule has 0 saturated carbocycles. The average molecular weight is 403 g/mol. The zero-order chi connectivity index (χ0) is 20.4. The lowest BCUT2D eigenvalue weighted by molar-refractivity contribution is -0.140. The van der Waals surface area contributed by atoms with Gasteiger partial charge in [0.25, 0.3) is 0 Å². The van der Waals surface area contributed by atoms with Crippen LogP contribution < -0.4 is 0 Å². The third-order valence-electron chi connectivity index (χ3n) is 5.33. The smallest absolute Gasteiger partial charge is 0.242 e. The van der Waals surface area contributed by atoms with Crippen LogP contribution in [0.5, 0.6) is 0 Å². The molecule has 7 heteroatoms. The first-order valence-electron chi connectivity index (χ1n) is 9.91. The predicted molar refractivity (Wildman–Crippen MR) is 112 cm³/mol. The van der Waals surface area contributed by atoms with Crippen molar-refractivity contribution in [3.8, 4) is 11.3 Å². The highest BCUT2D eigenvalue weighted by Crippen LogP contribution is 2.28. The maximum Gasteiger partial charge on any atom is 0.242 e. The van der Waals surface area contributed by atoms with Gasteiger partial charge in [0.05, 0.1) is 10.7 Å². The predicted octanol–water partition coefficient (Wildman–Crippen LogP) is 3.25. The molecule has 3 rings (SSSR count). The molecule has 1 aliphatic heterocycles. The van der Waals surface area contributed by atoms with Gasteiger partial charge in [-0.15, -0.1) is 11.3 Å². The highest BCUT2D eigenvalue weighted by Gasteiger charge is 2.25. The molecule has 6 nitrogen and oxygen atoms in total. The normalized spacial score (nSPS) is 14.8. The van der Waals surface area contributed by atoms with Crippen LogP contribution in [0.25, 0.3) is 11.3 Å². The fourth-order valence-corrected chi connectivity index (χ4v) is 4.32. The van der Waals surface area contributed by atoms with Gasteiger partial charge in [-0.1, -0.05) is 13.8 Å². The topological polar surface area (TPSA) is 58.4 Å². The number of nitrogens with zero attached hydrogens (tertiary/aromatic N) is 4. The van der Waals surface area contributed by atoms with E-state index in [1.54, 1.807) is 11.3 Å². The Hall–Kier alpha value is -2.15. The molecule has 2 aromatic heterocycles. The molecule has 28 heavy (non-hydrogen) atoms. The molecule has 1 fully saturated rings. The summed E-state index contributed by atoms with van der Waals surface area (Å²) in [4.78, 5) is 33.4. The zero-order valence-electron chi connectivity index (χ0n) is 17.5. The van der Waals surface area contributed by atoms with Crippen LogP contribution in [0.15, 0.2) is 11.4 Å². The number of aromatic nitrogens is 2. The van der Waals surface area contributed by atoms with Crippen LogP contribution in [0.4, 0.5) is 0 Å². The number of hydrogen-bond donors (Lipinski definition) is 0. The van der Waals surface area contributed by atoms with Crippen LogP contribution in [0, 0.1) is 26.7 Å². The molecule has 0 spiro atoms. The van der Waals surface area contributed by atoms with Crippen LogP contribution in [0.1, 0.15) is 36.7 Å². The van der Waals surface area contributed by atoms with Crippen molar-refractivity contribution < 1.29 is 9.59 Å². The van der Waals surface area contributed by atoms with Gasteiger partial charge in [0.1, 0.15) is 6.54 Å². The summed E-state index contributed by atoms with van der Waals surface area (Å²) < 4.78 is 2.07. The lowest BCUT2D eigenvalue weighted by Gasteiger charge is -2.35. The molecule has 1 aliphatic rings. The van der Waals surface area contributed by atoms with Crippen molar-refractivity contribution in [3.63, 3.8) is 0 Å². The van der Waals surface area contributed by atoms with Crippen molar-refractivity contribution >= 4 is 23.2 Å². The first-order valence-corrected chi connectivity index (χ1v) is 10.8. The van der Waals surface area contributed by atoms with Gasteiger partial charge in [-0.2, -0.15) is 0 Å². The molecular formula is C21H30N4O2S. The van der Waals surface area contributed by atoms with Gasteiger partial charge in [-0.05, 0) is 32.8 Å². The zero-order valence-corrected chi connectivity index (χ0v) is 18.3. The molecule has 3 heterocycles. The Bertz CT molecular complexity index is 860. The average Bonchev–Trinajstić information content (AvgIpc) is 3.19. The Morgan fingerprint density at radius 1 is 1.07 bits per heavy atom. The SMILES string of the molecule is Cc1nc(-c2cc(C)n(CC(=O)N3CCN(C(=O)CC(C)C)CC3)c2C)cs1. The van der Waals surface area contributed by atoms with Gasteiger partial charge in [0.15, 0.2) is 0 Å². The molecular weight excluding hydrogens is 372 g/mol. The van der Waals surface area contributed by atoms with Gasteiger partial charge in [0.2, 0.25) is 11.8 Å². The van der Waals surface area contributed by atoms with Crippen molar-refractivity contribution in [3.05, 3.63) is 27.8 Å². The molecule has 0 atom stereocenters. The Balaban J connectivity index is 1.63. The maximum absolute atomic E-state index is 12.9. The third kappa shape index (κ3) is 4.46. The number of hydrogen-bond acceptors (Lipinski definition) is 4. The van der Waals surface area contributed by atoms with E-state index in [0.717, 1.165) is 27.7 Å². The second kappa shape index (κ2) is 8.47. The number of thiazole rings is 1. The minimum Gasteiger partial charge on any atom is -0.339 e. The van der Waals surface area contributed by atoms with Gasteiger partial charge in [-0.25, -0.2) is 4.98 Å². The minimum atomic E-state index is 0.110. The van der Waals surface area contributed by atoms with Crippen molar-refractivity contribution in [2.45, 2.75) is 47.6 Å². The van der Waals surface area contributed by atoms with E-state index in [0.29, 0.717) is 45.1 Å². The molecule has 1 saturated heterocycles. The number of amides is 2. The van der Waals surface area contributed by atoms with E-state index < -0.39 is 0 Å². The Morgan fingerprint density at radius 2 is 1.68 bits per heavy atom. The second-order valence-corrected chi connectivity index (χ2v) is 9.04. The van der Waals surface area contributed by atoms with E-state index >= 15 is 0 Å². The number of piperazine rings is 1. The van der Waals surface area contributed by atoms with Crippen molar-refractivity contribution in [1.82, 2.24) is 19.4 Å². The van der Waals surface area contributed by atoms with Crippen molar-refractivity contribution in [2.24, 2.45) is 5.92 Å². The molecule has 0 aromatic carbocycles. The highest BCUT2D eigenvalue weighted by atomic mass is 32.1. The molecule has 0 N–H and O–H groups in total. The van der Waals surface area contributed by atoms with Crippen LogP contribution in [-0.2, 0) is 16.1 Å². The molecule has 2 amide bonds. The van der Waals surface area contributed by atoms with Crippen LogP contribution in [-0.4, -0.2) is 57.3 Å². The van der Waals surface area contributed by atoms with Crippen LogP contribution >= 0.6 is 11.3 Å². The summed E-state index contributed by atoms with van der Waals surface area (Å²) >= 11 is 1.64. The summed E-state index contributed by atoms with van der Waals surface area (Å²) in [5.74, 6) is 0.670. The number of aryl methyl sites for hydroxylation is 2. The molecule has 152 valence electrons. The van der Waals surface area contributed by atoms with E-state index in [4.69, 9.17) is 0 Å². The van der Waals surface area contributed by atoms with E-state index in [2.05, 4.69) is 34.8 Å². The summed E-state index contributed by atoms with van der Waals surface area (Å²) in [7, 11) is 0. The number of rotatable bonds is 5. The molecule has 0 radical (unpaired) electrons. The molecule has 0 aliphatic carbocycles. The summed E-state index contributed by atoms with van der Waals surface area (Å²) in [5, 5.41) is 3.11. The van der Waals surface area contributed by atoms with E-state index in [1.165, 1.54) is 0 Å². The lowest BCUT2D eigenvalue weighted by atomic mass is 10.1. The largest absolute Gasteiger partial charge is 0.339 e. The Morgan fingerprint density at radius 3 is 2.21 bits per heavy atom. The molecule has 0 unspecified atom stereocenters. The lowest BCUT2D eigenvalue weighted by Crippen LogP contribution is -2.51. The third-order valence-corrected chi connectivity index (χ3v) is 6.10. The van der Waals surface area contributed by atoms with E-state index in [1.807, 2.05) is 30.6 Å². The Labute approximate surface area is 171 Å². The summed E-state index contributed by atoms with van der Waals surface area (Å²) in [6.45, 7) is 13.0. The quantitative estimate of drug-likeness (QED) is 0.771. The van der Waals surface area contributed by atoms with Gasteiger partial charge >= 0.3 is 0 Å². The Kier molecular flexibility index (Phi) is 6.23. The van der Waals surface area contributed by atoms with Crippen LogP contribution in [0.2, 0.25) is 0 Å². The first kappa shape index (κ1) is 20.6. The van der Waals surface area contributed by atoms with Crippen LogP contribution in [0.3, 0.4) is 0 Å². The molecule has 2 aromatic rings. The second-order valence-electron chi connectivity index (χ2n) is 7.98. The minimum absolute atomic E-state index is 0.110. The van der Waals surface area contributed by atoms with Crippen molar-refractivity contribution in [1.29, 1.82) is 0 Å². The van der Waals surface area contributed by atoms with E-state index in [9.17, 15) is 9.59 Å². The maximum atomic E-state index is 12.9. The van der Waals surface area contributed by atoms with Gasteiger partial charge in [-0.3, -0.25) is 9.59 Å². The monoisotopic (exact) mass is 402 g/mol. The summed E-state index contributed by atoms with van der Waals surface area (Å²) in [6, 6.07) is 2.11. The summed E-state index contributed by atoms with van der Waals surface area (Å²) in [6.07, 6.45) is 0.578. The fraction of sp³-hybridized carbons (Fsp3) is 0.571. The summed E-state index contributed by atoms with van der Waals surface area (Å²) in [5.41, 5.74) is 4.21. The van der Waals surface area contributed by atoms with E-state index in [-0.39, 0.29) is 11.8 Å². The molecule has 0 bridgehead atoms. The number of carbonyl (C=O) groups is 2. The fourth-order valence-electron chi connectivity index (χ4n) is 3.71. The van der Waals surface area contributed by atoms with Crippen molar-refractivity contribution in [2.75, 3.05) is 26.2 Å².